The lowest BCUT2D eigenvalue weighted by Gasteiger charge is -2.03. The second kappa shape index (κ2) is 9.67. The number of hydrogen-bond acceptors (Lipinski definition) is 5. The largest absolute Gasteiger partial charge is 0.326 e. The number of halogens is 3. The van der Waals surface area contributed by atoms with Gasteiger partial charge >= 0.3 is 0 Å². The van der Waals surface area contributed by atoms with E-state index in [0.29, 0.717) is 11.4 Å². The van der Waals surface area contributed by atoms with E-state index in [2.05, 4.69) is 31.0 Å². The highest BCUT2D eigenvalue weighted by molar-refractivity contribution is 9.10. The number of sulfonamides is 1. The Morgan fingerprint density at radius 3 is 2.58 bits per heavy atom. The van der Waals surface area contributed by atoms with Gasteiger partial charge in [-0.05, 0) is 40.2 Å². The molecule has 0 aliphatic rings. The van der Waals surface area contributed by atoms with Crippen LogP contribution in [0, 0.1) is 11.6 Å². The fourth-order valence-electron chi connectivity index (χ4n) is 2.52. The van der Waals surface area contributed by atoms with E-state index in [1.807, 2.05) is 0 Å². The summed E-state index contributed by atoms with van der Waals surface area (Å²) in [5.74, 6) is -1.95. The molecule has 11 heteroatoms. The SMILES string of the molecule is CC(=O)Nc1ccc(-c2csc(NS(=O)(=O)CC=Cc3cc(F)c(Br)cc3F)n2)cc1. The molecule has 0 bridgehead atoms. The van der Waals surface area contributed by atoms with E-state index in [0.717, 1.165) is 29.0 Å². The molecule has 1 heterocycles. The van der Waals surface area contributed by atoms with Crippen LogP contribution >= 0.6 is 27.3 Å². The number of carbonyl (C=O) groups is 1. The van der Waals surface area contributed by atoms with Crippen molar-refractivity contribution in [3.05, 3.63) is 69.5 Å². The Morgan fingerprint density at radius 2 is 1.90 bits per heavy atom. The number of amides is 1. The molecule has 162 valence electrons. The van der Waals surface area contributed by atoms with Gasteiger partial charge in [0.2, 0.25) is 15.9 Å². The molecule has 1 amide bonds. The third kappa shape index (κ3) is 6.42. The molecule has 2 N–H and O–H groups in total. The smallest absolute Gasteiger partial charge is 0.238 e. The van der Waals surface area contributed by atoms with Crippen LogP contribution in [0.3, 0.4) is 0 Å². The van der Waals surface area contributed by atoms with Crippen molar-refractivity contribution >= 4 is 60.1 Å². The molecule has 3 aromatic rings. The molecule has 0 spiro atoms. The highest BCUT2D eigenvalue weighted by Crippen LogP contribution is 2.27. The number of nitrogens with zero attached hydrogens (tertiary/aromatic N) is 1. The number of anilines is 2. The number of benzene rings is 2. The lowest BCUT2D eigenvalue weighted by atomic mass is 10.1. The van der Waals surface area contributed by atoms with Gasteiger partial charge in [0.25, 0.3) is 0 Å². The fourth-order valence-corrected chi connectivity index (χ4v) is 4.72. The normalized spacial score (nSPS) is 11.6. The predicted octanol–water partition coefficient (Wildman–Crippen LogP) is 5.26. The second-order valence-electron chi connectivity index (χ2n) is 6.37. The van der Waals surface area contributed by atoms with Crippen molar-refractivity contribution in [2.24, 2.45) is 0 Å². The maximum atomic E-state index is 13.8. The molecule has 0 saturated heterocycles. The summed E-state index contributed by atoms with van der Waals surface area (Å²) in [6, 6.07) is 8.89. The summed E-state index contributed by atoms with van der Waals surface area (Å²) in [7, 11) is -3.79. The van der Waals surface area contributed by atoms with Crippen LogP contribution < -0.4 is 10.0 Å². The van der Waals surface area contributed by atoms with E-state index in [1.165, 1.54) is 19.1 Å². The molecular formula is C20H16BrF2N3O3S2. The quantitative estimate of drug-likeness (QED) is 0.410. The average Bonchev–Trinajstić information content (AvgIpc) is 3.13. The molecule has 2 aromatic carbocycles. The molecule has 6 nitrogen and oxygen atoms in total. The van der Waals surface area contributed by atoms with Gasteiger partial charge in [0.05, 0.1) is 15.9 Å². The first-order valence-electron chi connectivity index (χ1n) is 8.78. The Kier molecular flexibility index (Phi) is 7.19. The van der Waals surface area contributed by atoms with Crippen LogP contribution in [0.1, 0.15) is 12.5 Å². The van der Waals surface area contributed by atoms with Crippen molar-refractivity contribution < 1.29 is 22.0 Å². The zero-order valence-corrected chi connectivity index (χ0v) is 19.2. The lowest BCUT2D eigenvalue weighted by Crippen LogP contribution is -2.15. The van der Waals surface area contributed by atoms with Crippen LogP contribution in [0.15, 0.2) is 52.3 Å². The van der Waals surface area contributed by atoms with Crippen LogP contribution in [-0.4, -0.2) is 25.1 Å². The number of rotatable bonds is 7. The first-order valence-corrected chi connectivity index (χ1v) is 12.1. The Hall–Kier alpha value is -2.63. The van der Waals surface area contributed by atoms with Crippen molar-refractivity contribution in [1.29, 1.82) is 0 Å². The minimum Gasteiger partial charge on any atom is -0.326 e. The minimum absolute atomic E-state index is 0.0132. The van der Waals surface area contributed by atoms with Crippen LogP contribution in [0.5, 0.6) is 0 Å². The van der Waals surface area contributed by atoms with Crippen molar-refractivity contribution in [3.63, 3.8) is 0 Å². The zero-order chi connectivity index (χ0) is 22.6. The maximum absolute atomic E-state index is 13.8. The molecule has 31 heavy (non-hydrogen) atoms. The van der Waals surface area contributed by atoms with E-state index in [-0.39, 0.29) is 21.1 Å². The van der Waals surface area contributed by atoms with Gasteiger partial charge in [-0.2, -0.15) is 0 Å². The van der Waals surface area contributed by atoms with Crippen molar-refractivity contribution in [2.45, 2.75) is 6.92 Å². The van der Waals surface area contributed by atoms with Crippen LogP contribution in [0.4, 0.5) is 19.6 Å². The molecule has 0 saturated carbocycles. The van der Waals surface area contributed by atoms with Crippen molar-refractivity contribution in [3.8, 4) is 11.3 Å². The summed E-state index contributed by atoms with van der Waals surface area (Å²) < 4.78 is 54.2. The summed E-state index contributed by atoms with van der Waals surface area (Å²) in [6.45, 7) is 1.41. The van der Waals surface area contributed by atoms with Gasteiger partial charge in [-0.25, -0.2) is 22.2 Å². The number of thiazole rings is 1. The van der Waals surface area contributed by atoms with E-state index in [1.54, 1.807) is 29.6 Å². The lowest BCUT2D eigenvalue weighted by molar-refractivity contribution is -0.114. The molecule has 3 rings (SSSR count). The van der Waals surface area contributed by atoms with Gasteiger partial charge in [-0.15, -0.1) is 11.3 Å². The van der Waals surface area contributed by atoms with E-state index in [4.69, 9.17) is 0 Å². The average molecular weight is 528 g/mol. The van der Waals surface area contributed by atoms with Gasteiger partial charge in [0.1, 0.15) is 11.6 Å². The summed E-state index contributed by atoms with van der Waals surface area (Å²) >= 11 is 3.99. The third-order valence-corrected chi connectivity index (χ3v) is 6.53. The molecule has 0 fully saturated rings. The highest BCUT2D eigenvalue weighted by Gasteiger charge is 2.13. The number of aromatic nitrogens is 1. The first-order chi connectivity index (χ1) is 14.6. The Labute approximate surface area is 190 Å². The standard InChI is InChI=1S/C20H16BrF2N3O3S2/c1-12(27)24-15-6-4-13(5-7-15)19-11-30-20(25-19)26-31(28,29)8-2-3-14-9-18(23)16(21)10-17(14)22/h2-7,9-11H,8H2,1H3,(H,24,27)(H,25,26). The Balaban J connectivity index is 1.65. The molecule has 0 aliphatic carbocycles. The van der Waals surface area contributed by atoms with Crippen LogP contribution in [0.25, 0.3) is 17.3 Å². The third-order valence-electron chi connectivity index (χ3n) is 3.90. The van der Waals surface area contributed by atoms with Crippen molar-refractivity contribution in [2.75, 3.05) is 15.8 Å². The Morgan fingerprint density at radius 1 is 1.19 bits per heavy atom. The molecular weight excluding hydrogens is 512 g/mol. The second-order valence-corrected chi connectivity index (χ2v) is 9.85. The van der Waals surface area contributed by atoms with Crippen LogP contribution in [0.2, 0.25) is 0 Å². The monoisotopic (exact) mass is 527 g/mol. The summed E-state index contributed by atoms with van der Waals surface area (Å²) in [5.41, 5.74) is 1.90. The topological polar surface area (TPSA) is 88.2 Å². The van der Waals surface area contributed by atoms with Gasteiger partial charge in [-0.1, -0.05) is 24.3 Å². The van der Waals surface area contributed by atoms with Gasteiger partial charge in [-0.3, -0.25) is 9.52 Å². The maximum Gasteiger partial charge on any atom is 0.238 e. The van der Waals surface area contributed by atoms with E-state index in [9.17, 15) is 22.0 Å². The van der Waals surface area contributed by atoms with Gasteiger partial charge in [0.15, 0.2) is 5.13 Å². The summed E-state index contributed by atoms with van der Waals surface area (Å²) in [4.78, 5) is 15.3. The van der Waals surface area contributed by atoms with Crippen LogP contribution in [-0.2, 0) is 14.8 Å². The predicted molar refractivity (Wildman–Crippen MR) is 122 cm³/mol. The number of hydrogen-bond donors (Lipinski definition) is 2. The molecule has 1 aromatic heterocycles. The molecule has 0 radical (unpaired) electrons. The Bertz CT molecular complexity index is 1240. The van der Waals surface area contributed by atoms with Gasteiger partial charge < -0.3 is 5.32 Å². The van der Waals surface area contributed by atoms with Crippen molar-refractivity contribution in [1.82, 2.24) is 4.98 Å². The summed E-state index contributed by atoms with van der Waals surface area (Å²) in [5, 5.41) is 4.53. The number of carbonyl (C=O) groups excluding carboxylic acids is 1. The first kappa shape index (κ1) is 23.0. The minimum atomic E-state index is -3.79. The zero-order valence-electron chi connectivity index (χ0n) is 16.0. The molecule has 0 atom stereocenters. The molecule has 0 aliphatic heterocycles. The van der Waals surface area contributed by atoms with E-state index < -0.39 is 27.4 Å². The van der Waals surface area contributed by atoms with Gasteiger partial charge in [0, 0.05) is 29.1 Å². The fraction of sp³-hybridized carbons (Fsp3) is 0.100. The highest BCUT2D eigenvalue weighted by atomic mass is 79.9. The van der Waals surface area contributed by atoms with E-state index >= 15 is 0 Å². The number of nitrogens with one attached hydrogen (secondary N) is 2. The summed E-state index contributed by atoms with van der Waals surface area (Å²) in [6.07, 6.45) is 2.43. The molecule has 0 unspecified atom stereocenters.